The Morgan fingerprint density at radius 2 is 1.70 bits per heavy atom. The van der Waals surface area contributed by atoms with Crippen LogP contribution < -0.4 is 0 Å². The SMILES string of the molecule is O=S(=O)(c1cccnn1)n1cccc1-c1ccccc1. The molecule has 6 heteroatoms. The largest absolute Gasteiger partial charge is 0.287 e. The molecule has 2 aromatic heterocycles. The third-order valence-corrected chi connectivity index (χ3v) is 4.44. The van der Waals surface area contributed by atoms with Crippen LogP contribution in [0.1, 0.15) is 0 Å². The molecule has 0 spiro atoms. The number of aromatic nitrogens is 3. The minimum atomic E-state index is -3.73. The highest BCUT2D eigenvalue weighted by Gasteiger charge is 2.21. The molecule has 0 fully saturated rings. The maximum Gasteiger partial charge on any atom is 0.287 e. The summed E-state index contributed by atoms with van der Waals surface area (Å²) in [5, 5.41) is 7.23. The topological polar surface area (TPSA) is 64.8 Å². The zero-order valence-corrected chi connectivity index (χ0v) is 11.2. The first-order chi connectivity index (χ1) is 9.69. The molecule has 0 unspecified atom stereocenters. The quantitative estimate of drug-likeness (QED) is 0.740. The zero-order chi connectivity index (χ0) is 14.0. The van der Waals surface area contributed by atoms with Gasteiger partial charge in [-0.3, -0.25) is 0 Å². The predicted molar refractivity (Wildman–Crippen MR) is 74.5 cm³/mol. The Balaban J connectivity index is 2.16. The smallest absolute Gasteiger partial charge is 0.240 e. The molecule has 0 aliphatic rings. The van der Waals surface area contributed by atoms with Gasteiger partial charge in [0.2, 0.25) is 0 Å². The average Bonchev–Trinajstić information content (AvgIpc) is 2.99. The Labute approximate surface area is 116 Å². The lowest BCUT2D eigenvalue weighted by Crippen LogP contribution is -2.15. The van der Waals surface area contributed by atoms with Gasteiger partial charge in [-0.15, -0.1) is 5.10 Å². The van der Waals surface area contributed by atoms with E-state index in [-0.39, 0.29) is 5.03 Å². The summed E-state index contributed by atoms with van der Waals surface area (Å²) in [6, 6.07) is 15.7. The molecule has 3 rings (SSSR count). The number of rotatable bonds is 3. The normalized spacial score (nSPS) is 11.4. The highest BCUT2D eigenvalue weighted by Crippen LogP contribution is 2.23. The molecule has 2 heterocycles. The van der Waals surface area contributed by atoms with Gasteiger partial charge in [-0.1, -0.05) is 30.3 Å². The summed E-state index contributed by atoms with van der Waals surface area (Å²) in [5.41, 5.74) is 1.42. The molecule has 5 nitrogen and oxygen atoms in total. The van der Waals surface area contributed by atoms with Crippen LogP contribution in [0.4, 0.5) is 0 Å². The Morgan fingerprint density at radius 3 is 2.40 bits per heavy atom. The fourth-order valence-electron chi connectivity index (χ4n) is 1.93. The average molecular weight is 285 g/mol. The van der Waals surface area contributed by atoms with Crippen LogP contribution in [-0.2, 0) is 10.0 Å². The molecule has 0 amide bonds. The molecular weight excluding hydrogens is 274 g/mol. The zero-order valence-electron chi connectivity index (χ0n) is 10.4. The van der Waals surface area contributed by atoms with Crippen molar-refractivity contribution >= 4 is 10.0 Å². The van der Waals surface area contributed by atoms with Crippen molar-refractivity contribution in [2.75, 3.05) is 0 Å². The monoisotopic (exact) mass is 285 g/mol. The minimum Gasteiger partial charge on any atom is -0.240 e. The molecule has 3 aromatic rings. The maximum atomic E-state index is 12.5. The molecule has 1 aromatic carbocycles. The van der Waals surface area contributed by atoms with E-state index in [4.69, 9.17) is 0 Å². The first-order valence-electron chi connectivity index (χ1n) is 5.96. The number of benzene rings is 1. The van der Waals surface area contributed by atoms with Crippen LogP contribution >= 0.6 is 0 Å². The molecule has 0 N–H and O–H groups in total. The molecule has 20 heavy (non-hydrogen) atoms. The van der Waals surface area contributed by atoms with Crippen LogP contribution in [0.5, 0.6) is 0 Å². The maximum absolute atomic E-state index is 12.5. The van der Waals surface area contributed by atoms with Crippen molar-refractivity contribution in [2.45, 2.75) is 5.03 Å². The van der Waals surface area contributed by atoms with Crippen LogP contribution in [0.2, 0.25) is 0 Å². The summed E-state index contributed by atoms with van der Waals surface area (Å²) >= 11 is 0. The Morgan fingerprint density at radius 1 is 0.900 bits per heavy atom. The Kier molecular flexibility index (Phi) is 3.08. The Hall–Kier alpha value is -2.47. The van der Waals surface area contributed by atoms with E-state index in [0.717, 1.165) is 5.56 Å². The molecule has 0 bridgehead atoms. The third kappa shape index (κ3) is 2.10. The predicted octanol–water partition coefficient (Wildman–Crippen LogP) is 2.18. The lowest BCUT2D eigenvalue weighted by molar-refractivity contribution is 0.582. The van der Waals surface area contributed by atoms with Crippen LogP contribution in [0.3, 0.4) is 0 Å². The van der Waals surface area contributed by atoms with Crippen LogP contribution in [0.15, 0.2) is 72.0 Å². The van der Waals surface area contributed by atoms with E-state index >= 15 is 0 Å². The lowest BCUT2D eigenvalue weighted by atomic mass is 10.2. The van der Waals surface area contributed by atoms with Gasteiger partial charge in [-0.2, -0.15) is 13.5 Å². The lowest BCUT2D eigenvalue weighted by Gasteiger charge is -2.09. The van der Waals surface area contributed by atoms with Crippen molar-refractivity contribution in [3.63, 3.8) is 0 Å². The summed E-state index contributed by atoms with van der Waals surface area (Å²) in [7, 11) is -3.73. The summed E-state index contributed by atoms with van der Waals surface area (Å²) in [5.74, 6) is 0. The van der Waals surface area contributed by atoms with Gasteiger partial charge in [-0.05, 0) is 29.8 Å². The van der Waals surface area contributed by atoms with Crippen LogP contribution in [0.25, 0.3) is 11.3 Å². The fraction of sp³-hybridized carbons (Fsp3) is 0. The van der Waals surface area contributed by atoms with Crippen LogP contribution in [-0.4, -0.2) is 22.6 Å². The molecule has 0 radical (unpaired) electrons. The fourth-order valence-corrected chi connectivity index (χ4v) is 3.19. The molecule has 0 saturated carbocycles. The molecule has 0 atom stereocenters. The van der Waals surface area contributed by atoms with E-state index in [0.29, 0.717) is 5.69 Å². The first kappa shape index (κ1) is 12.6. The van der Waals surface area contributed by atoms with Gasteiger partial charge in [0.15, 0.2) is 5.03 Å². The van der Waals surface area contributed by atoms with E-state index in [1.165, 1.54) is 22.4 Å². The molecule has 0 saturated heterocycles. The van der Waals surface area contributed by atoms with Crippen molar-refractivity contribution in [1.82, 2.24) is 14.2 Å². The van der Waals surface area contributed by atoms with Gasteiger partial charge in [0.25, 0.3) is 10.0 Å². The second-order valence-electron chi connectivity index (χ2n) is 4.12. The number of hydrogen-bond acceptors (Lipinski definition) is 4. The molecule has 0 aliphatic heterocycles. The third-order valence-electron chi connectivity index (χ3n) is 2.85. The summed E-state index contributed by atoms with van der Waals surface area (Å²) < 4.78 is 26.3. The first-order valence-corrected chi connectivity index (χ1v) is 7.40. The van der Waals surface area contributed by atoms with Crippen molar-refractivity contribution in [2.24, 2.45) is 0 Å². The van der Waals surface area contributed by atoms with Gasteiger partial charge in [0.05, 0.1) is 5.69 Å². The molecule has 0 aliphatic carbocycles. The van der Waals surface area contributed by atoms with E-state index in [9.17, 15) is 8.42 Å². The summed E-state index contributed by atoms with van der Waals surface area (Å²) in [6.45, 7) is 0. The van der Waals surface area contributed by atoms with Crippen molar-refractivity contribution < 1.29 is 8.42 Å². The van der Waals surface area contributed by atoms with Gasteiger partial charge >= 0.3 is 0 Å². The van der Waals surface area contributed by atoms with E-state index in [2.05, 4.69) is 10.2 Å². The van der Waals surface area contributed by atoms with Gasteiger partial charge < -0.3 is 0 Å². The van der Waals surface area contributed by atoms with Crippen molar-refractivity contribution in [3.05, 3.63) is 67.0 Å². The molecular formula is C14H11N3O2S. The highest BCUT2D eigenvalue weighted by molar-refractivity contribution is 7.90. The second-order valence-corrected chi connectivity index (χ2v) is 5.88. The van der Waals surface area contributed by atoms with Crippen LogP contribution in [0, 0.1) is 0 Å². The van der Waals surface area contributed by atoms with Crippen molar-refractivity contribution in [1.29, 1.82) is 0 Å². The van der Waals surface area contributed by atoms with Crippen molar-refractivity contribution in [3.8, 4) is 11.3 Å². The van der Waals surface area contributed by atoms with Gasteiger partial charge in [-0.25, -0.2) is 3.97 Å². The van der Waals surface area contributed by atoms with E-state index in [1.807, 2.05) is 30.3 Å². The second kappa shape index (κ2) is 4.90. The number of nitrogens with zero attached hydrogens (tertiary/aromatic N) is 3. The summed E-state index contributed by atoms with van der Waals surface area (Å²) in [4.78, 5) is 0. The molecule has 100 valence electrons. The highest BCUT2D eigenvalue weighted by atomic mass is 32.2. The van der Waals surface area contributed by atoms with Gasteiger partial charge in [0, 0.05) is 12.4 Å². The van der Waals surface area contributed by atoms with Gasteiger partial charge in [0.1, 0.15) is 0 Å². The number of hydrogen-bond donors (Lipinski definition) is 0. The van der Waals surface area contributed by atoms with E-state index < -0.39 is 10.0 Å². The van der Waals surface area contributed by atoms with E-state index in [1.54, 1.807) is 18.2 Å². The minimum absolute atomic E-state index is 0.0756. The standard InChI is InChI=1S/C14H11N3O2S/c18-20(19,14-9-4-10-15-16-14)17-11-5-8-13(17)12-6-2-1-3-7-12/h1-11H. The Bertz CT molecular complexity index is 812. The summed E-state index contributed by atoms with van der Waals surface area (Å²) in [6.07, 6.45) is 2.94.